The van der Waals surface area contributed by atoms with E-state index in [1.807, 2.05) is 24.3 Å². The van der Waals surface area contributed by atoms with Crippen LogP contribution in [0.1, 0.15) is 22.0 Å². The van der Waals surface area contributed by atoms with Crippen LogP contribution in [-0.2, 0) is 0 Å². The van der Waals surface area contributed by atoms with Gasteiger partial charge >= 0.3 is 5.97 Å². The molecule has 0 saturated heterocycles. The molecular weight excluding hydrogens is 408 g/mol. The van der Waals surface area contributed by atoms with Gasteiger partial charge in [0.2, 0.25) is 5.16 Å². The van der Waals surface area contributed by atoms with E-state index in [9.17, 15) is 9.90 Å². The van der Waals surface area contributed by atoms with E-state index in [0.717, 1.165) is 10.0 Å². The number of thioether (sulfide) groups is 1. The number of aliphatic hydroxyl groups is 1. The minimum atomic E-state index is -0.990. The molecule has 1 aromatic heterocycles. The van der Waals surface area contributed by atoms with E-state index in [2.05, 4.69) is 31.5 Å². The van der Waals surface area contributed by atoms with Crippen LogP contribution in [-0.4, -0.2) is 42.1 Å². The monoisotopic (exact) mass is 420 g/mol. The maximum Gasteiger partial charge on any atom is 0.335 e. The van der Waals surface area contributed by atoms with E-state index in [1.165, 1.54) is 28.6 Å². The van der Waals surface area contributed by atoms with Gasteiger partial charge in [0.25, 0.3) is 0 Å². The van der Waals surface area contributed by atoms with E-state index in [-0.39, 0.29) is 5.56 Å². The number of hydrogen-bond acceptors (Lipinski definition) is 6. The van der Waals surface area contributed by atoms with Gasteiger partial charge in [-0.2, -0.15) is 4.68 Å². The smallest absolute Gasteiger partial charge is 0.335 e. The number of aliphatic hydroxyl groups excluding tert-OH is 1. The van der Waals surface area contributed by atoms with Gasteiger partial charge in [-0.3, -0.25) is 0 Å². The molecule has 1 unspecified atom stereocenters. The van der Waals surface area contributed by atoms with Crippen LogP contribution in [0.4, 0.5) is 0 Å². The number of rotatable bonds is 6. The second-order valence-corrected chi connectivity index (χ2v) is 7.01. The standard InChI is InChI=1S/C16H13BrN4O3S/c17-12-5-1-10(2-6-12)14(22)9-25-16-18-19-20-21(16)13-7-3-11(4-8-13)15(23)24/h1-8,14,22H,9H2,(H,23,24). The molecule has 2 N–H and O–H groups in total. The lowest BCUT2D eigenvalue weighted by molar-refractivity contribution is 0.0697. The van der Waals surface area contributed by atoms with Crippen molar-refractivity contribution < 1.29 is 15.0 Å². The van der Waals surface area contributed by atoms with Gasteiger partial charge in [0.1, 0.15) is 0 Å². The van der Waals surface area contributed by atoms with E-state index < -0.39 is 12.1 Å². The van der Waals surface area contributed by atoms with Crippen molar-refractivity contribution in [3.8, 4) is 5.69 Å². The Bertz CT molecular complexity index is 868. The molecule has 0 amide bonds. The SMILES string of the molecule is O=C(O)c1ccc(-n2nnnc2SCC(O)c2ccc(Br)cc2)cc1. The normalized spacial score (nSPS) is 12.1. The van der Waals surface area contributed by atoms with E-state index in [0.29, 0.717) is 16.6 Å². The molecule has 0 spiro atoms. The number of aromatic nitrogens is 4. The second kappa shape index (κ2) is 7.77. The third-order valence-corrected chi connectivity index (χ3v) is 4.95. The summed E-state index contributed by atoms with van der Waals surface area (Å²) in [5, 5.41) is 31.3. The lowest BCUT2D eigenvalue weighted by Crippen LogP contribution is -2.04. The molecule has 0 aliphatic rings. The summed E-state index contributed by atoms with van der Waals surface area (Å²) in [6.07, 6.45) is -0.655. The van der Waals surface area contributed by atoms with Crippen molar-refractivity contribution in [1.29, 1.82) is 0 Å². The van der Waals surface area contributed by atoms with Gasteiger partial charge in [-0.05, 0) is 52.4 Å². The highest BCUT2D eigenvalue weighted by Crippen LogP contribution is 2.25. The number of carbonyl (C=O) groups is 1. The van der Waals surface area contributed by atoms with Gasteiger partial charge < -0.3 is 10.2 Å². The number of aromatic carboxylic acids is 1. The number of nitrogens with zero attached hydrogens (tertiary/aromatic N) is 4. The molecule has 25 heavy (non-hydrogen) atoms. The largest absolute Gasteiger partial charge is 0.478 e. The molecular formula is C16H13BrN4O3S. The second-order valence-electron chi connectivity index (χ2n) is 5.10. The fourth-order valence-electron chi connectivity index (χ4n) is 2.11. The summed E-state index contributed by atoms with van der Waals surface area (Å²) in [6, 6.07) is 13.7. The van der Waals surface area contributed by atoms with Crippen LogP contribution in [0.3, 0.4) is 0 Å². The molecule has 7 nitrogen and oxygen atoms in total. The van der Waals surface area contributed by atoms with Gasteiger partial charge in [0, 0.05) is 10.2 Å². The van der Waals surface area contributed by atoms with Crippen LogP contribution in [0, 0.1) is 0 Å². The van der Waals surface area contributed by atoms with E-state index >= 15 is 0 Å². The topological polar surface area (TPSA) is 101 Å². The Hall–Kier alpha value is -2.23. The quantitative estimate of drug-likeness (QED) is 0.590. The molecule has 1 heterocycles. The molecule has 0 aliphatic carbocycles. The predicted molar refractivity (Wildman–Crippen MR) is 95.9 cm³/mol. The number of tetrazole rings is 1. The number of carboxylic acids is 1. The van der Waals surface area contributed by atoms with Crippen LogP contribution in [0.2, 0.25) is 0 Å². The maximum absolute atomic E-state index is 10.9. The summed E-state index contributed by atoms with van der Waals surface area (Å²) in [5.41, 5.74) is 1.65. The molecule has 2 aromatic carbocycles. The lowest BCUT2D eigenvalue weighted by Gasteiger charge is -2.10. The molecule has 0 saturated carbocycles. The minimum Gasteiger partial charge on any atom is -0.478 e. The van der Waals surface area contributed by atoms with Crippen molar-refractivity contribution >= 4 is 33.7 Å². The van der Waals surface area contributed by atoms with Gasteiger partial charge in [-0.1, -0.05) is 39.8 Å². The summed E-state index contributed by atoms with van der Waals surface area (Å²) in [5.74, 6) is -0.606. The zero-order valence-corrected chi connectivity index (χ0v) is 15.2. The molecule has 3 rings (SSSR count). The Kier molecular flexibility index (Phi) is 5.47. The molecule has 3 aromatic rings. The number of benzene rings is 2. The molecule has 1 atom stereocenters. The third-order valence-electron chi connectivity index (χ3n) is 3.42. The third kappa shape index (κ3) is 4.25. The van der Waals surface area contributed by atoms with E-state index in [1.54, 1.807) is 12.1 Å². The summed E-state index contributed by atoms with van der Waals surface area (Å²) < 4.78 is 2.45. The minimum absolute atomic E-state index is 0.191. The highest BCUT2D eigenvalue weighted by atomic mass is 79.9. The predicted octanol–water partition coefficient (Wildman–Crippen LogP) is 2.95. The molecule has 9 heteroatoms. The first kappa shape index (κ1) is 17.6. The molecule has 0 aliphatic heterocycles. The molecule has 0 bridgehead atoms. The highest BCUT2D eigenvalue weighted by molar-refractivity contribution is 9.10. The zero-order chi connectivity index (χ0) is 17.8. The van der Waals surface area contributed by atoms with Crippen LogP contribution in [0.15, 0.2) is 58.2 Å². The number of hydrogen-bond donors (Lipinski definition) is 2. The summed E-state index contributed by atoms with van der Waals surface area (Å²) >= 11 is 4.68. The van der Waals surface area contributed by atoms with Crippen LogP contribution in [0.25, 0.3) is 5.69 Å². The van der Waals surface area contributed by atoms with Gasteiger partial charge in [-0.15, -0.1) is 5.10 Å². The Morgan fingerprint density at radius 2 is 1.84 bits per heavy atom. The van der Waals surface area contributed by atoms with Crippen LogP contribution in [0.5, 0.6) is 0 Å². The van der Waals surface area contributed by atoms with Crippen molar-refractivity contribution in [1.82, 2.24) is 20.2 Å². The van der Waals surface area contributed by atoms with Crippen LogP contribution < -0.4 is 0 Å². The Morgan fingerprint density at radius 3 is 2.48 bits per heavy atom. The first-order valence-corrected chi connectivity index (χ1v) is 9.01. The summed E-state index contributed by atoms with van der Waals surface area (Å²) in [6.45, 7) is 0. The van der Waals surface area contributed by atoms with Crippen molar-refractivity contribution in [3.05, 3.63) is 64.1 Å². The fraction of sp³-hybridized carbons (Fsp3) is 0.125. The van der Waals surface area contributed by atoms with Crippen molar-refractivity contribution in [2.75, 3.05) is 5.75 Å². The number of halogens is 1. The average Bonchev–Trinajstić information content (AvgIpc) is 3.09. The molecule has 0 fully saturated rings. The van der Waals surface area contributed by atoms with Gasteiger partial charge in [0.15, 0.2) is 0 Å². The lowest BCUT2D eigenvalue weighted by atomic mass is 10.1. The summed E-state index contributed by atoms with van der Waals surface area (Å²) in [4.78, 5) is 10.9. The van der Waals surface area contributed by atoms with Gasteiger partial charge in [-0.25, -0.2) is 4.79 Å². The zero-order valence-electron chi connectivity index (χ0n) is 12.8. The Labute approximate surface area is 155 Å². The van der Waals surface area contributed by atoms with Crippen molar-refractivity contribution in [3.63, 3.8) is 0 Å². The van der Waals surface area contributed by atoms with E-state index in [4.69, 9.17) is 5.11 Å². The average molecular weight is 421 g/mol. The molecule has 0 radical (unpaired) electrons. The Balaban J connectivity index is 1.71. The van der Waals surface area contributed by atoms with Crippen molar-refractivity contribution in [2.45, 2.75) is 11.3 Å². The first-order chi connectivity index (χ1) is 12.0. The molecule has 128 valence electrons. The van der Waals surface area contributed by atoms with Crippen molar-refractivity contribution in [2.24, 2.45) is 0 Å². The van der Waals surface area contributed by atoms with Gasteiger partial charge in [0.05, 0.1) is 17.4 Å². The maximum atomic E-state index is 10.9. The first-order valence-electron chi connectivity index (χ1n) is 7.23. The highest BCUT2D eigenvalue weighted by Gasteiger charge is 2.14. The summed E-state index contributed by atoms with van der Waals surface area (Å²) in [7, 11) is 0. The fourth-order valence-corrected chi connectivity index (χ4v) is 3.23. The van der Waals surface area contributed by atoms with Crippen LogP contribution >= 0.6 is 27.7 Å². The number of carboxylic acid groups (broad SMARTS) is 1. The Morgan fingerprint density at radius 1 is 1.16 bits per heavy atom.